The molecular formula is C30H32BrN5O3S. The molecule has 1 atom stereocenters. The van der Waals surface area contributed by atoms with Gasteiger partial charge in [-0.15, -0.1) is 11.3 Å². The molecule has 1 aliphatic rings. The number of amides is 2. The van der Waals surface area contributed by atoms with Crippen LogP contribution in [-0.2, 0) is 11.2 Å². The summed E-state index contributed by atoms with van der Waals surface area (Å²) in [6.07, 6.45) is 1.98. The molecule has 0 bridgehead atoms. The number of carbonyl (C=O) groups excluding carboxylic acids is 2. The number of hydrogen-bond acceptors (Lipinski definition) is 6. The maximum absolute atomic E-state index is 13.7. The number of carbonyl (C=O) groups is 2. The molecular weight excluding hydrogens is 590 g/mol. The van der Waals surface area contributed by atoms with Gasteiger partial charge in [-0.2, -0.15) is 5.10 Å². The molecule has 208 valence electrons. The summed E-state index contributed by atoms with van der Waals surface area (Å²) in [7, 11) is 1.62. The summed E-state index contributed by atoms with van der Waals surface area (Å²) in [5, 5.41) is 7.34. The molecule has 5 rings (SSSR count). The van der Waals surface area contributed by atoms with Crippen molar-refractivity contribution in [3.63, 3.8) is 0 Å². The van der Waals surface area contributed by atoms with Gasteiger partial charge in [-0.1, -0.05) is 54.0 Å². The topological polar surface area (TPSA) is 80.6 Å². The van der Waals surface area contributed by atoms with E-state index in [1.54, 1.807) is 18.0 Å². The molecule has 2 aromatic carbocycles. The van der Waals surface area contributed by atoms with E-state index >= 15 is 0 Å². The third-order valence-corrected chi connectivity index (χ3v) is 8.49. The number of hydrogen-bond donors (Lipinski definition) is 0. The summed E-state index contributed by atoms with van der Waals surface area (Å²) in [5.74, 6) is 0.825. The van der Waals surface area contributed by atoms with Crippen LogP contribution < -0.4 is 4.74 Å². The Morgan fingerprint density at radius 2 is 1.82 bits per heavy atom. The smallest absolute Gasteiger partial charge is 0.257 e. The first-order valence-corrected chi connectivity index (χ1v) is 14.9. The molecule has 3 heterocycles. The first-order chi connectivity index (χ1) is 19.2. The highest BCUT2D eigenvalue weighted by molar-refractivity contribution is 9.10. The van der Waals surface area contributed by atoms with Crippen LogP contribution in [0.5, 0.6) is 5.75 Å². The molecule has 2 aromatic heterocycles. The predicted molar refractivity (Wildman–Crippen MR) is 160 cm³/mol. The Balaban J connectivity index is 1.29. The van der Waals surface area contributed by atoms with Crippen molar-refractivity contribution in [2.75, 3.05) is 26.7 Å². The minimum atomic E-state index is -0.0894. The highest BCUT2D eigenvalue weighted by Gasteiger charge is 2.32. The third-order valence-electron chi connectivity index (χ3n) is 7.15. The quantitative estimate of drug-likeness (QED) is 0.260. The van der Waals surface area contributed by atoms with Crippen LogP contribution in [0, 0.1) is 0 Å². The van der Waals surface area contributed by atoms with E-state index < -0.39 is 0 Å². The van der Waals surface area contributed by atoms with Gasteiger partial charge in [-0.25, -0.2) is 9.67 Å². The Hall–Kier alpha value is -3.50. The van der Waals surface area contributed by atoms with Crippen molar-refractivity contribution >= 4 is 39.1 Å². The average Bonchev–Trinajstić information content (AvgIpc) is 3.61. The second kappa shape index (κ2) is 11.9. The lowest BCUT2D eigenvalue weighted by molar-refractivity contribution is -0.134. The lowest BCUT2D eigenvalue weighted by Gasteiger charge is -2.40. The number of ether oxygens (including phenoxy) is 1. The summed E-state index contributed by atoms with van der Waals surface area (Å²) in [6, 6.07) is 15.5. The lowest BCUT2D eigenvalue weighted by atomic mass is 10.0. The van der Waals surface area contributed by atoms with Gasteiger partial charge in [0.15, 0.2) is 0 Å². The fourth-order valence-corrected chi connectivity index (χ4v) is 6.11. The van der Waals surface area contributed by atoms with Crippen molar-refractivity contribution in [3.05, 3.63) is 81.4 Å². The minimum absolute atomic E-state index is 0.0609. The van der Waals surface area contributed by atoms with Gasteiger partial charge < -0.3 is 14.5 Å². The molecule has 1 unspecified atom stereocenters. The van der Waals surface area contributed by atoms with Gasteiger partial charge in [0, 0.05) is 41.1 Å². The van der Waals surface area contributed by atoms with Crippen LogP contribution in [0.3, 0.4) is 0 Å². The minimum Gasteiger partial charge on any atom is -0.497 e. The maximum Gasteiger partial charge on any atom is 0.257 e. The van der Waals surface area contributed by atoms with E-state index in [-0.39, 0.29) is 23.8 Å². The third kappa shape index (κ3) is 5.83. The van der Waals surface area contributed by atoms with E-state index in [9.17, 15) is 9.59 Å². The fourth-order valence-electron chi connectivity index (χ4n) is 5.05. The van der Waals surface area contributed by atoms with E-state index in [1.807, 2.05) is 70.6 Å². The van der Waals surface area contributed by atoms with E-state index in [0.717, 1.165) is 37.9 Å². The SMILES string of the molecule is COc1ccc(CC(=O)N2CCN(C(=O)c3cnn(-c4nc(-c5ccc(Br)cc5)cs4)c3C(C)C)CC2C)cc1. The summed E-state index contributed by atoms with van der Waals surface area (Å²) in [5.41, 5.74) is 4.26. The fraction of sp³-hybridized carbons (Fsp3) is 0.333. The van der Waals surface area contributed by atoms with Crippen molar-refractivity contribution < 1.29 is 14.3 Å². The van der Waals surface area contributed by atoms with Crippen molar-refractivity contribution in [1.29, 1.82) is 0 Å². The summed E-state index contributed by atoms with van der Waals surface area (Å²) >= 11 is 4.98. The molecule has 1 fully saturated rings. The zero-order valence-corrected chi connectivity index (χ0v) is 25.4. The van der Waals surface area contributed by atoms with Crippen LogP contribution in [0.4, 0.5) is 0 Å². The standard InChI is InChI=1S/C30H32BrN5O3S/c1-19(2)28-25(16-32-36(28)30-33-26(18-40-30)22-7-9-23(31)10-8-22)29(38)34-13-14-35(20(3)17-34)27(37)15-21-5-11-24(39-4)12-6-21/h5-12,16,18-20H,13-15,17H2,1-4H3. The van der Waals surface area contributed by atoms with Crippen molar-refractivity contribution in [2.24, 2.45) is 0 Å². The number of rotatable bonds is 7. The van der Waals surface area contributed by atoms with Gasteiger partial charge in [0.25, 0.3) is 5.91 Å². The maximum atomic E-state index is 13.7. The molecule has 1 aliphatic heterocycles. The van der Waals surface area contributed by atoms with Gasteiger partial charge in [0.1, 0.15) is 5.75 Å². The Morgan fingerprint density at radius 3 is 2.48 bits per heavy atom. The Labute approximate surface area is 246 Å². The molecule has 0 aliphatic carbocycles. The molecule has 0 radical (unpaired) electrons. The molecule has 1 saturated heterocycles. The summed E-state index contributed by atoms with van der Waals surface area (Å²) in [6.45, 7) is 7.57. The zero-order chi connectivity index (χ0) is 28.4. The molecule has 0 spiro atoms. The average molecular weight is 623 g/mol. The van der Waals surface area contributed by atoms with Crippen LogP contribution in [0.1, 0.15) is 48.3 Å². The second-order valence-corrected chi connectivity index (χ2v) is 12.0. The molecule has 8 nitrogen and oxygen atoms in total. The normalized spacial score (nSPS) is 15.5. The van der Waals surface area contributed by atoms with Crippen molar-refractivity contribution in [2.45, 2.75) is 39.2 Å². The van der Waals surface area contributed by atoms with Gasteiger partial charge in [0.05, 0.1) is 36.7 Å². The summed E-state index contributed by atoms with van der Waals surface area (Å²) < 4.78 is 8.02. The molecule has 0 saturated carbocycles. The predicted octanol–water partition coefficient (Wildman–Crippen LogP) is 5.81. The van der Waals surface area contributed by atoms with Crippen molar-refractivity contribution in [3.8, 4) is 22.1 Å². The van der Waals surface area contributed by atoms with Crippen LogP contribution in [0.25, 0.3) is 16.4 Å². The Kier molecular flexibility index (Phi) is 8.37. The number of benzene rings is 2. The number of thiazole rings is 1. The van der Waals surface area contributed by atoms with E-state index in [1.165, 1.54) is 11.3 Å². The highest BCUT2D eigenvalue weighted by atomic mass is 79.9. The van der Waals surface area contributed by atoms with Crippen LogP contribution in [0.15, 0.2) is 64.6 Å². The van der Waals surface area contributed by atoms with Crippen molar-refractivity contribution in [1.82, 2.24) is 24.6 Å². The largest absolute Gasteiger partial charge is 0.497 e. The molecule has 4 aromatic rings. The number of aromatic nitrogens is 3. The summed E-state index contributed by atoms with van der Waals surface area (Å²) in [4.78, 5) is 35.3. The lowest BCUT2D eigenvalue weighted by Crippen LogP contribution is -2.55. The van der Waals surface area contributed by atoms with E-state index in [4.69, 9.17) is 9.72 Å². The highest BCUT2D eigenvalue weighted by Crippen LogP contribution is 2.30. The van der Waals surface area contributed by atoms with Crippen LogP contribution in [-0.4, -0.2) is 69.2 Å². The van der Waals surface area contributed by atoms with Gasteiger partial charge >= 0.3 is 0 Å². The molecule has 0 N–H and O–H groups in total. The number of methoxy groups -OCH3 is 1. The monoisotopic (exact) mass is 621 g/mol. The number of piperazine rings is 1. The van der Waals surface area contributed by atoms with Gasteiger partial charge in [-0.3, -0.25) is 9.59 Å². The Bertz CT molecular complexity index is 1500. The van der Waals surface area contributed by atoms with E-state index in [0.29, 0.717) is 31.6 Å². The Morgan fingerprint density at radius 1 is 1.10 bits per heavy atom. The van der Waals surface area contributed by atoms with Gasteiger partial charge in [0.2, 0.25) is 11.0 Å². The van der Waals surface area contributed by atoms with Gasteiger partial charge in [-0.05, 0) is 42.7 Å². The molecule has 2 amide bonds. The number of nitrogens with zero attached hydrogens (tertiary/aromatic N) is 5. The van der Waals surface area contributed by atoms with E-state index in [2.05, 4.69) is 34.9 Å². The first kappa shape index (κ1) is 28.0. The van der Waals surface area contributed by atoms with Crippen LogP contribution >= 0.6 is 27.3 Å². The molecule has 10 heteroatoms. The zero-order valence-electron chi connectivity index (χ0n) is 23.0. The number of halogens is 1. The molecule has 40 heavy (non-hydrogen) atoms. The second-order valence-electron chi connectivity index (χ2n) is 10.2. The van der Waals surface area contributed by atoms with Crippen LogP contribution in [0.2, 0.25) is 0 Å². The first-order valence-electron chi connectivity index (χ1n) is 13.3.